The van der Waals surface area contributed by atoms with Crippen molar-refractivity contribution in [2.45, 2.75) is 38.6 Å². The number of fused-ring (bicyclic) bond motifs is 1. The largest absolute Gasteiger partial charge is 0.481 e. The molecule has 7 heteroatoms. The SMILES string of the molecule is Cc1nnc(N2C[C@@H]3CN(C4CCCC4)C[C@]3(C(=O)O)C2)s1. The first-order valence-electron chi connectivity index (χ1n) is 8.11. The zero-order valence-electron chi connectivity index (χ0n) is 12.9. The molecule has 0 amide bonds. The zero-order valence-corrected chi connectivity index (χ0v) is 13.7. The molecule has 0 spiro atoms. The lowest BCUT2D eigenvalue weighted by Gasteiger charge is -2.28. The van der Waals surface area contributed by atoms with Crippen LogP contribution in [0.5, 0.6) is 0 Å². The van der Waals surface area contributed by atoms with Crippen molar-refractivity contribution in [3.8, 4) is 0 Å². The van der Waals surface area contributed by atoms with Crippen molar-refractivity contribution in [1.29, 1.82) is 0 Å². The Balaban J connectivity index is 1.55. The van der Waals surface area contributed by atoms with Gasteiger partial charge in [-0.2, -0.15) is 0 Å². The molecular formula is C15H22N4O2S. The van der Waals surface area contributed by atoms with Crippen LogP contribution in [0.1, 0.15) is 30.7 Å². The number of nitrogens with zero attached hydrogens (tertiary/aromatic N) is 4. The van der Waals surface area contributed by atoms with E-state index in [1.807, 2.05) is 6.92 Å². The van der Waals surface area contributed by atoms with E-state index in [1.165, 1.54) is 25.7 Å². The smallest absolute Gasteiger partial charge is 0.313 e. The lowest BCUT2D eigenvalue weighted by atomic mass is 9.81. The summed E-state index contributed by atoms with van der Waals surface area (Å²) in [4.78, 5) is 16.6. The average Bonchev–Trinajstić information content (AvgIpc) is 3.20. The number of aromatic nitrogens is 2. The summed E-state index contributed by atoms with van der Waals surface area (Å²) >= 11 is 1.56. The van der Waals surface area contributed by atoms with Crippen LogP contribution in [0.3, 0.4) is 0 Å². The van der Waals surface area contributed by atoms with Crippen LogP contribution in [0.4, 0.5) is 5.13 Å². The van der Waals surface area contributed by atoms with E-state index in [0.29, 0.717) is 19.1 Å². The summed E-state index contributed by atoms with van der Waals surface area (Å²) in [5.74, 6) is -0.434. The predicted octanol–water partition coefficient (Wildman–Crippen LogP) is 1.61. The zero-order chi connectivity index (χ0) is 15.3. The minimum atomic E-state index is -0.637. The third-order valence-corrected chi connectivity index (χ3v) is 6.59. The van der Waals surface area contributed by atoms with Crippen molar-refractivity contribution in [2.75, 3.05) is 31.1 Å². The average molecular weight is 322 g/mol. The van der Waals surface area contributed by atoms with Crippen LogP contribution in [0.25, 0.3) is 0 Å². The second kappa shape index (κ2) is 5.16. The first-order chi connectivity index (χ1) is 10.6. The molecule has 0 aromatic carbocycles. The van der Waals surface area contributed by atoms with Crippen molar-refractivity contribution >= 4 is 22.4 Å². The molecule has 1 aromatic heterocycles. The normalized spacial score (nSPS) is 32.8. The lowest BCUT2D eigenvalue weighted by molar-refractivity contribution is -0.148. The summed E-state index contributed by atoms with van der Waals surface area (Å²) in [6, 6.07) is 0.610. The second-order valence-electron chi connectivity index (χ2n) is 7.01. The van der Waals surface area contributed by atoms with Crippen molar-refractivity contribution < 1.29 is 9.90 Å². The van der Waals surface area contributed by atoms with Gasteiger partial charge in [-0.15, -0.1) is 10.2 Å². The Morgan fingerprint density at radius 3 is 2.64 bits per heavy atom. The summed E-state index contributed by atoms with van der Waals surface area (Å²) in [5.41, 5.74) is -0.623. The minimum Gasteiger partial charge on any atom is -0.481 e. The number of aryl methyl sites for hydroxylation is 1. The highest BCUT2D eigenvalue weighted by Crippen LogP contribution is 2.46. The number of carbonyl (C=O) groups is 1. The molecule has 3 heterocycles. The summed E-state index contributed by atoms with van der Waals surface area (Å²) in [6.45, 7) is 4.93. The number of aliphatic carboxylic acids is 1. The van der Waals surface area contributed by atoms with Crippen molar-refractivity contribution in [1.82, 2.24) is 15.1 Å². The van der Waals surface area contributed by atoms with Crippen molar-refractivity contribution in [2.24, 2.45) is 11.3 Å². The third-order valence-electron chi connectivity index (χ3n) is 5.69. The second-order valence-corrected chi connectivity index (χ2v) is 8.17. The van der Waals surface area contributed by atoms with Gasteiger partial charge in [0.05, 0.1) is 0 Å². The van der Waals surface area contributed by atoms with E-state index < -0.39 is 11.4 Å². The highest BCUT2D eigenvalue weighted by molar-refractivity contribution is 7.15. The Morgan fingerprint density at radius 1 is 1.27 bits per heavy atom. The molecule has 0 radical (unpaired) electrons. The molecule has 1 saturated carbocycles. The van der Waals surface area contributed by atoms with Gasteiger partial charge in [0.15, 0.2) is 0 Å². The third kappa shape index (κ3) is 2.13. The van der Waals surface area contributed by atoms with Gasteiger partial charge >= 0.3 is 5.97 Å². The quantitative estimate of drug-likeness (QED) is 0.912. The maximum Gasteiger partial charge on any atom is 0.313 e. The topological polar surface area (TPSA) is 69.6 Å². The molecular weight excluding hydrogens is 300 g/mol. The molecule has 120 valence electrons. The summed E-state index contributed by atoms with van der Waals surface area (Å²) in [5, 5.41) is 20.0. The Kier molecular flexibility index (Phi) is 3.38. The first kappa shape index (κ1) is 14.4. The molecule has 1 N–H and O–H groups in total. The summed E-state index contributed by atoms with van der Waals surface area (Å²) in [7, 11) is 0. The Morgan fingerprint density at radius 2 is 2.05 bits per heavy atom. The van der Waals surface area contributed by atoms with E-state index in [1.54, 1.807) is 11.3 Å². The number of hydrogen-bond donors (Lipinski definition) is 1. The van der Waals surface area contributed by atoms with Gasteiger partial charge < -0.3 is 10.0 Å². The van der Waals surface area contributed by atoms with Crippen LogP contribution < -0.4 is 4.90 Å². The molecule has 0 unspecified atom stereocenters. The summed E-state index contributed by atoms with van der Waals surface area (Å²) in [6.07, 6.45) is 5.06. The van der Waals surface area contributed by atoms with E-state index in [-0.39, 0.29) is 5.92 Å². The Hall–Kier alpha value is -1.21. The van der Waals surface area contributed by atoms with Crippen LogP contribution in [0, 0.1) is 18.3 Å². The minimum absolute atomic E-state index is 0.204. The standard InChI is InChI=1S/C15H22N4O2S/c1-10-16-17-14(22-10)19-7-11-6-18(12-4-2-3-5-12)8-15(11,9-19)13(20)21/h11-12H,2-9H2,1H3,(H,20,21)/t11-,15-/m0/s1. The van der Waals surface area contributed by atoms with Crippen molar-refractivity contribution in [3.05, 3.63) is 5.01 Å². The maximum atomic E-state index is 12.1. The number of hydrogen-bond acceptors (Lipinski definition) is 6. The van der Waals surface area contributed by atoms with Gasteiger partial charge in [-0.3, -0.25) is 9.69 Å². The van der Waals surface area contributed by atoms with Gasteiger partial charge in [-0.25, -0.2) is 0 Å². The van der Waals surface area contributed by atoms with Crippen LogP contribution in [0.15, 0.2) is 0 Å². The van der Waals surface area contributed by atoms with Gasteiger partial charge in [-0.05, 0) is 19.8 Å². The molecule has 0 bridgehead atoms. The molecule has 6 nitrogen and oxygen atoms in total. The molecule has 1 aliphatic carbocycles. The molecule has 3 fully saturated rings. The fourth-order valence-electron chi connectivity index (χ4n) is 4.51. The highest BCUT2D eigenvalue weighted by atomic mass is 32.1. The molecule has 2 aliphatic heterocycles. The van der Waals surface area contributed by atoms with Crippen LogP contribution in [-0.2, 0) is 4.79 Å². The fourth-order valence-corrected chi connectivity index (χ4v) is 5.21. The van der Waals surface area contributed by atoms with E-state index >= 15 is 0 Å². The first-order valence-corrected chi connectivity index (χ1v) is 8.93. The fraction of sp³-hybridized carbons (Fsp3) is 0.800. The van der Waals surface area contributed by atoms with Gasteiger partial charge in [-0.1, -0.05) is 24.2 Å². The molecule has 1 aromatic rings. The van der Waals surface area contributed by atoms with Gasteiger partial charge in [0.25, 0.3) is 0 Å². The predicted molar refractivity (Wildman–Crippen MR) is 84.2 cm³/mol. The Labute approximate surface area is 134 Å². The van der Waals surface area contributed by atoms with Crippen LogP contribution in [-0.4, -0.2) is 58.4 Å². The van der Waals surface area contributed by atoms with Gasteiger partial charge in [0.2, 0.25) is 5.13 Å². The molecule has 2 atom stereocenters. The number of anilines is 1. The molecule has 2 saturated heterocycles. The van der Waals surface area contributed by atoms with Crippen LogP contribution in [0.2, 0.25) is 0 Å². The number of likely N-dealkylation sites (tertiary alicyclic amines) is 1. The van der Waals surface area contributed by atoms with E-state index in [0.717, 1.165) is 23.2 Å². The monoisotopic (exact) mass is 322 g/mol. The number of rotatable bonds is 3. The Bertz CT molecular complexity index is 586. The maximum absolute atomic E-state index is 12.1. The molecule has 22 heavy (non-hydrogen) atoms. The number of carboxylic acid groups (broad SMARTS) is 1. The van der Waals surface area contributed by atoms with E-state index in [4.69, 9.17) is 0 Å². The van der Waals surface area contributed by atoms with Crippen molar-refractivity contribution in [3.63, 3.8) is 0 Å². The lowest BCUT2D eigenvalue weighted by Crippen LogP contribution is -2.42. The molecule has 3 aliphatic rings. The van der Waals surface area contributed by atoms with Crippen LogP contribution >= 0.6 is 11.3 Å². The summed E-state index contributed by atoms with van der Waals surface area (Å²) < 4.78 is 0. The number of carboxylic acids is 1. The van der Waals surface area contributed by atoms with Gasteiger partial charge in [0.1, 0.15) is 10.4 Å². The van der Waals surface area contributed by atoms with E-state index in [2.05, 4.69) is 20.0 Å². The highest BCUT2D eigenvalue weighted by Gasteiger charge is 2.58. The van der Waals surface area contributed by atoms with Gasteiger partial charge in [0, 0.05) is 38.1 Å². The van der Waals surface area contributed by atoms with E-state index in [9.17, 15) is 9.90 Å². The molecule has 4 rings (SSSR count).